The third-order valence-corrected chi connectivity index (χ3v) is 9.63. The van der Waals surface area contributed by atoms with Crippen LogP contribution in [-0.2, 0) is 0 Å². The van der Waals surface area contributed by atoms with Crippen LogP contribution in [0.4, 0.5) is 0 Å². The smallest absolute Gasteiger partial charge is 0.0346 e. The first-order valence-electron chi connectivity index (χ1n) is 12.3. The van der Waals surface area contributed by atoms with Crippen LogP contribution in [0.15, 0.2) is 48.3 Å². The van der Waals surface area contributed by atoms with Gasteiger partial charge in [0.15, 0.2) is 0 Å². The number of fused-ring (bicyclic) bond motifs is 5. The predicted molar refractivity (Wildman–Crippen MR) is 121 cm³/mol. The summed E-state index contributed by atoms with van der Waals surface area (Å²) in [6.07, 6.45) is 21.2. The topological polar surface area (TPSA) is 12.9 Å². The first-order chi connectivity index (χ1) is 14.2. The van der Waals surface area contributed by atoms with Gasteiger partial charge >= 0.3 is 0 Å². The zero-order chi connectivity index (χ0) is 19.4. The highest BCUT2D eigenvalue weighted by Gasteiger charge is 2.54. The molecule has 0 saturated heterocycles. The van der Waals surface area contributed by atoms with Gasteiger partial charge in [-0.05, 0) is 116 Å². The maximum atomic E-state index is 4.37. The second-order valence-corrected chi connectivity index (χ2v) is 10.9. The van der Waals surface area contributed by atoms with Crippen LogP contribution in [0.2, 0.25) is 0 Å². The quantitative estimate of drug-likeness (QED) is 0.459. The molecule has 6 unspecified atom stereocenters. The van der Waals surface area contributed by atoms with E-state index in [0.29, 0.717) is 5.41 Å². The number of benzene rings is 1. The summed E-state index contributed by atoms with van der Waals surface area (Å²) >= 11 is 0. The molecule has 1 heterocycles. The molecular weight excluding hydrogens is 350 g/mol. The molecule has 4 aliphatic rings. The normalized spacial score (nSPS) is 39.2. The molecular formula is C28H35N. The highest BCUT2D eigenvalue weighted by Crippen LogP contribution is 2.64. The van der Waals surface area contributed by atoms with Crippen molar-refractivity contribution in [3.05, 3.63) is 53.9 Å². The van der Waals surface area contributed by atoms with Crippen molar-refractivity contribution in [3.8, 4) is 0 Å². The van der Waals surface area contributed by atoms with E-state index in [1.807, 2.05) is 18.0 Å². The first kappa shape index (κ1) is 18.2. The van der Waals surface area contributed by atoms with E-state index in [1.54, 1.807) is 5.56 Å². The lowest BCUT2D eigenvalue weighted by Crippen LogP contribution is -2.40. The maximum absolute atomic E-state index is 4.37. The summed E-state index contributed by atoms with van der Waals surface area (Å²) in [5.41, 5.74) is 3.93. The Kier molecular flexibility index (Phi) is 4.36. The number of hydrogen-bond acceptors (Lipinski definition) is 1. The molecule has 2 aromatic rings. The Morgan fingerprint density at radius 3 is 2.86 bits per heavy atom. The molecule has 1 nitrogen and oxygen atoms in total. The van der Waals surface area contributed by atoms with Crippen molar-refractivity contribution in [2.45, 2.75) is 77.0 Å². The van der Waals surface area contributed by atoms with Gasteiger partial charge in [0.25, 0.3) is 0 Å². The molecule has 1 heteroatoms. The third kappa shape index (κ3) is 2.91. The van der Waals surface area contributed by atoms with Crippen LogP contribution >= 0.6 is 0 Å². The summed E-state index contributed by atoms with van der Waals surface area (Å²) in [5.74, 6) is 4.42. The van der Waals surface area contributed by atoms with Crippen molar-refractivity contribution >= 4 is 10.8 Å². The predicted octanol–water partition coefficient (Wildman–Crippen LogP) is 7.67. The van der Waals surface area contributed by atoms with Gasteiger partial charge in [0, 0.05) is 17.8 Å². The molecule has 29 heavy (non-hydrogen) atoms. The Hall–Kier alpha value is -1.63. The number of rotatable bonds is 1. The Balaban J connectivity index is 1.31. The Morgan fingerprint density at radius 2 is 1.90 bits per heavy atom. The summed E-state index contributed by atoms with van der Waals surface area (Å²) in [7, 11) is 0. The summed E-state index contributed by atoms with van der Waals surface area (Å²) in [4.78, 5) is 4.37. The molecule has 6 rings (SSSR count). The van der Waals surface area contributed by atoms with Gasteiger partial charge in [-0.3, -0.25) is 4.98 Å². The molecule has 152 valence electrons. The van der Waals surface area contributed by atoms with Crippen LogP contribution in [0, 0.1) is 29.1 Å². The molecule has 0 N–H and O–H groups in total. The van der Waals surface area contributed by atoms with Gasteiger partial charge in [-0.2, -0.15) is 0 Å². The largest absolute Gasteiger partial charge is 0.264 e. The standard InChI is InChI=1S/C28H35N/c1-28-14-12-22-16-21-5-3-2-4-19(21)8-9-25(22)27(28)11-10-26(28)23-7-6-20-13-15-29-18-24(20)17-23/h6-7,13,15-19,22,25-27H,2-5,8-12,14H2,1H3. The Morgan fingerprint density at radius 1 is 0.931 bits per heavy atom. The van der Waals surface area contributed by atoms with Crippen molar-refractivity contribution in [2.24, 2.45) is 29.1 Å². The molecule has 1 aromatic heterocycles. The molecule has 0 radical (unpaired) electrons. The molecule has 1 aromatic carbocycles. The lowest BCUT2D eigenvalue weighted by atomic mass is 9.56. The lowest BCUT2D eigenvalue weighted by molar-refractivity contribution is 0.0419. The van der Waals surface area contributed by atoms with Crippen molar-refractivity contribution in [2.75, 3.05) is 0 Å². The van der Waals surface area contributed by atoms with Crippen molar-refractivity contribution in [3.63, 3.8) is 0 Å². The number of hydrogen-bond donors (Lipinski definition) is 0. The van der Waals surface area contributed by atoms with E-state index in [4.69, 9.17) is 0 Å². The van der Waals surface area contributed by atoms with E-state index in [0.717, 1.165) is 29.6 Å². The van der Waals surface area contributed by atoms with Gasteiger partial charge in [0.05, 0.1) is 0 Å². The molecule has 0 spiro atoms. The van der Waals surface area contributed by atoms with E-state index in [2.05, 4.69) is 42.2 Å². The fourth-order valence-corrected chi connectivity index (χ4v) is 8.13. The van der Waals surface area contributed by atoms with Crippen molar-refractivity contribution < 1.29 is 0 Å². The minimum absolute atomic E-state index is 0.491. The van der Waals surface area contributed by atoms with Gasteiger partial charge in [-0.1, -0.05) is 37.1 Å². The molecule has 0 amide bonds. The fraction of sp³-hybridized carbons (Fsp3) is 0.607. The molecule has 0 bridgehead atoms. The summed E-state index contributed by atoms with van der Waals surface area (Å²) in [6, 6.07) is 9.35. The van der Waals surface area contributed by atoms with Crippen molar-refractivity contribution in [1.29, 1.82) is 0 Å². The number of allylic oxidation sites excluding steroid dienone is 2. The average Bonchev–Trinajstić information content (AvgIpc) is 2.99. The van der Waals surface area contributed by atoms with E-state index >= 15 is 0 Å². The van der Waals surface area contributed by atoms with Gasteiger partial charge in [-0.15, -0.1) is 0 Å². The fourth-order valence-electron chi connectivity index (χ4n) is 8.13. The van der Waals surface area contributed by atoms with Crippen LogP contribution in [0.3, 0.4) is 0 Å². The zero-order valence-electron chi connectivity index (χ0n) is 17.9. The van der Waals surface area contributed by atoms with Gasteiger partial charge in [0.1, 0.15) is 0 Å². The molecule has 3 fully saturated rings. The van der Waals surface area contributed by atoms with Gasteiger partial charge in [0.2, 0.25) is 0 Å². The van der Waals surface area contributed by atoms with E-state index in [9.17, 15) is 0 Å². The van der Waals surface area contributed by atoms with Crippen LogP contribution in [0.5, 0.6) is 0 Å². The third-order valence-electron chi connectivity index (χ3n) is 9.63. The second kappa shape index (κ2) is 6.96. The summed E-state index contributed by atoms with van der Waals surface area (Å²) < 4.78 is 0. The van der Waals surface area contributed by atoms with E-state index < -0.39 is 0 Å². The second-order valence-electron chi connectivity index (χ2n) is 10.9. The maximum Gasteiger partial charge on any atom is 0.0346 e. The van der Waals surface area contributed by atoms with Gasteiger partial charge < -0.3 is 0 Å². The lowest BCUT2D eigenvalue weighted by Gasteiger charge is -2.48. The molecule has 6 atom stereocenters. The molecule has 0 aliphatic heterocycles. The SMILES string of the molecule is CC12CCC3C=C4CCCCC4CCC3C1CCC2c1ccc2ccncc2c1. The highest BCUT2D eigenvalue weighted by atomic mass is 14.6. The summed E-state index contributed by atoms with van der Waals surface area (Å²) in [5, 5.41) is 2.64. The Bertz CT molecular complexity index is 942. The van der Waals surface area contributed by atoms with Crippen LogP contribution in [-0.4, -0.2) is 4.98 Å². The molecule has 4 aliphatic carbocycles. The number of pyridine rings is 1. The number of aromatic nitrogens is 1. The van der Waals surface area contributed by atoms with E-state index in [1.165, 1.54) is 75.0 Å². The first-order valence-corrected chi connectivity index (χ1v) is 12.3. The zero-order valence-corrected chi connectivity index (χ0v) is 17.9. The Labute approximate surface area is 176 Å². The highest BCUT2D eigenvalue weighted by molar-refractivity contribution is 5.82. The monoisotopic (exact) mass is 385 g/mol. The van der Waals surface area contributed by atoms with Gasteiger partial charge in [-0.25, -0.2) is 0 Å². The minimum atomic E-state index is 0.491. The van der Waals surface area contributed by atoms with Crippen LogP contribution < -0.4 is 0 Å². The van der Waals surface area contributed by atoms with E-state index in [-0.39, 0.29) is 0 Å². The van der Waals surface area contributed by atoms with Crippen LogP contribution in [0.25, 0.3) is 10.8 Å². The number of nitrogens with zero attached hydrogens (tertiary/aromatic N) is 1. The minimum Gasteiger partial charge on any atom is -0.264 e. The summed E-state index contributed by atoms with van der Waals surface area (Å²) in [6.45, 7) is 2.66. The van der Waals surface area contributed by atoms with Crippen LogP contribution in [0.1, 0.15) is 82.6 Å². The average molecular weight is 386 g/mol. The van der Waals surface area contributed by atoms with Crippen molar-refractivity contribution in [1.82, 2.24) is 4.98 Å². The molecule has 3 saturated carbocycles.